The Balaban J connectivity index is 0.00000259. The normalized spacial score (nSPS) is 19.5. The second-order valence-corrected chi connectivity index (χ2v) is 8.10. The lowest BCUT2D eigenvalue weighted by atomic mass is 10.0. The molecule has 2 aliphatic heterocycles. The van der Waals surface area contributed by atoms with Crippen molar-refractivity contribution in [2.24, 2.45) is 0 Å². The summed E-state index contributed by atoms with van der Waals surface area (Å²) in [5.74, 6) is 3.17. The molecule has 7 nitrogen and oxygen atoms in total. The molecule has 0 bridgehead atoms. The maximum atomic E-state index is 6.11. The Bertz CT molecular complexity index is 1070. The van der Waals surface area contributed by atoms with E-state index in [0.29, 0.717) is 32.5 Å². The van der Waals surface area contributed by atoms with E-state index >= 15 is 0 Å². The van der Waals surface area contributed by atoms with Gasteiger partial charge in [-0.1, -0.05) is 12.1 Å². The average molecular weight is 473 g/mol. The molecular weight excluding hydrogens is 444 g/mol. The van der Waals surface area contributed by atoms with Gasteiger partial charge in [0.1, 0.15) is 31.3 Å². The molecule has 0 saturated carbocycles. The summed E-state index contributed by atoms with van der Waals surface area (Å²) in [6, 6.07) is 14.3. The van der Waals surface area contributed by atoms with Crippen LogP contribution in [-0.2, 0) is 11.3 Å². The molecule has 2 atom stereocenters. The van der Waals surface area contributed by atoms with E-state index in [1.54, 1.807) is 13.3 Å². The predicted octanol–water partition coefficient (Wildman–Crippen LogP) is 4.15. The van der Waals surface area contributed by atoms with Crippen LogP contribution < -0.4 is 24.3 Å². The van der Waals surface area contributed by atoms with Gasteiger partial charge in [0, 0.05) is 18.0 Å². The fourth-order valence-corrected chi connectivity index (χ4v) is 4.08. The molecule has 1 N–H and O–H groups in total. The molecule has 0 amide bonds. The van der Waals surface area contributed by atoms with Crippen molar-refractivity contribution in [3.05, 3.63) is 54.2 Å². The fraction of sp³-hybridized carbons (Fsp3) is 0.400. The molecule has 2 aliphatic rings. The predicted molar refractivity (Wildman–Crippen MR) is 128 cm³/mol. The summed E-state index contributed by atoms with van der Waals surface area (Å²) in [5.41, 5.74) is 2.07. The number of fused-ring (bicyclic) bond motifs is 2. The number of ether oxygens (including phenoxy) is 5. The van der Waals surface area contributed by atoms with Crippen molar-refractivity contribution >= 4 is 23.3 Å². The number of nitrogens with one attached hydrogen (secondary N) is 1. The van der Waals surface area contributed by atoms with E-state index in [9.17, 15) is 0 Å². The number of halogens is 1. The van der Waals surface area contributed by atoms with Crippen LogP contribution >= 0.6 is 12.4 Å². The Morgan fingerprint density at radius 3 is 2.76 bits per heavy atom. The number of methoxy groups -OCH3 is 1. The van der Waals surface area contributed by atoms with Crippen LogP contribution in [0.2, 0.25) is 0 Å². The maximum absolute atomic E-state index is 6.11. The third-order valence-corrected chi connectivity index (χ3v) is 5.89. The van der Waals surface area contributed by atoms with Gasteiger partial charge in [0.15, 0.2) is 11.5 Å². The Morgan fingerprint density at radius 2 is 1.94 bits per heavy atom. The second kappa shape index (κ2) is 10.9. The van der Waals surface area contributed by atoms with Crippen LogP contribution in [0.25, 0.3) is 10.9 Å². The Labute approximate surface area is 199 Å². The fourth-order valence-electron chi connectivity index (χ4n) is 4.08. The van der Waals surface area contributed by atoms with Crippen LogP contribution in [0.3, 0.4) is 0 Å². The van der Waals surface area contributed by atoms with Crippen LogP contribution in [0.5, 0.6) is 23.0 Å². The molecule has 0 unspecified atom stereocenters. The molecule has 2 aromatic carbocycles. The number of rotatable bonds is 7. The highest BCUT2D eigenvalue weighted by Gasteiger charge is 2.22. The summed E-state index contributed by atoms with van der Waals surface area (Å²) in [5, 5.41) is 4.54. The minimum absolute atomic E-state index is 0. The van der Waals surface area contributed by atoms with Crippen LogP contribution in [0.15, 0.2) is 48.7 Å². The lowest BCUT2D eigenvalue weighted by molar-refractivity contribution is -0.0261. The molecule has 176 valence electrons. The first-order chi connectivity index (χ1) is 15.8. The van der Waals surface area contributed by atoms with Gasteiger partial charge >= 0.3 is 0 Å². The molecule has 5 rings (SSSR count). The summed E-state index contributed by atoms with van der Waals surface area (Å²) in [7, 11) is 1.64. The van der Waals surface area contributed by atoms with Gasteiger partial charge < -0.3 is 29.0 Å². The zero-order valence-electron chi connectivity index (χ0n) is 18.6. The van der Waals surface area contributed by atoms with Gasteiger partial charge in [-0.3, -0.25) is 4.98 Å². The summed E-state index contributed by atoms with van der Waals surface area (Å²) in [6.07, 6.45) is 3.79. The molecule has 0 radical (unpaired) electrons. The molecule has 0 spiro atoms. The summed E-state index contributed by atoms with van der Waals surface area (Å²) in [4.78, 5) is 4.43. The number of aromatic nitrogens is 1. The summed E-state index contributed by atoms with van der Waals surface area (Å²) < 4.78 is 28.7. The molecule has 1 fully saturated rings. The molecule has 1 aromatic heterocycles. The van der Waals surface area contributed by atoms with Crippen molar-refractivity contribution in [2.75, 3.05) is 33.5 Å². The summed E-state index contributed by atoms with van der Waals surface area (Å²) >= 11 is 0. The van der Waals surface area contributed by atoms with Crippen molar-refractivity contribution in [3.63, 3.8) is 0 Å². The van der Waals surface area contributed by atoms with E-state index in [-0.39, 0.29) is 18.5 Å². The van der Waals surface area contributed by atoms with E-state index in [1.807, 2.05) is 30.3 Å². The standard InChI is InChI=1S/C25H28N2O5.ClH/c1-28-20-12-21-22(27-14-20)3-2-4-23(21)32-16-19-7-6-18(15-31-19)26-13-17-5-8-24-25(11-17)30-10-9-29-24;/h2-5,8,11-12,14,18-19,26H,6-7,9-10,13,15-16H2,1H3;1H/t18-,19+;/m1./s1. The second-order valence-electron chi connectivity index (χ2n) is 8.10. The minimum Gasteiger partial charge on any atom is -0.495 e. The first-order valence-electron chi connectivity index (χ1n) is 11.1. The van der Waals surface area contributed by atoms with Crippen molar-refractivity contribution in [3.8, 4) is 23.0 Å². The van der Waals surface area contributed by atoms with Crippen LogP contribution in [-0.4, -0.2) is 50.7 Å². The zero-order valence-corrected chi connectivity index (χ0v) is 19.4. The van der Waals surface area contributed by atoms with Gasteiger partial charge in [-0.15, -0.1) is 12.4 Å². The van der Waals surface area contributed by atoms with Crippen molar-refractivity contribution in [2.45, 2.75) is 31.5 Å². The SMILES string of the molecule is COc1cnc2cccc(OC[C@@H]3CC[C@@H](NCc4ccc5c(c4)OCCO5)CO3)c2c1.Cl. The number of benzene rings is 2. The van der Waals surface area contributed by atoms with E-state index in [1.165, 1.54) is 5.56 Å². The van der Waals surface area contributed by atoms with Gasteiger partial charge in [0.2, 0.25) is 0 Å². The smallest absolute Gasteiger partial charge is 0.161 e. The third-order valence-electron chi connectivity index (χ3n) is 5.89. The molecule has 0 aliphatic carbocycles. The Hall–Kier alpha value is -2.74. The first-order valence-corrected chi connectivity index (χ1v) is 11.1. The Morgan fingerprint density at radius 1 is 1.06 bits per heavy atom. The minimum atomic E-state index is 0. The molecule has 8 heteroatoms. The highest BCUT2D eigenvalue weighted by atomic mass is 35.5. The largest absolute Gasteiger partial charge is 0.495 e. The zero-order chi connectivity index (χ0) is 21.8. The molecule has 3 heterocycles. The Kier molecular flexibility index (Phi) is 7.75. The van der Waals surface area contributed by atoms with Gasteiger partial charge in [0.25, 0.3) is 0 Å². The number of hydrogen-bond donors (Lipinski definition) is 1. The maximum Gasteiger partial charge on any atom is 0.161 e. The topological polar surface area (TPSA) is 71.1 Å². The van der Waals surface area contributed by atoms with E-state index < -0.39 is 0 Å². The lowest BCUT2D eigenvalue weighted by Crippen LogP contribution is -2.41. The van der Waals surface area contributed by atoms with Crippen molar-refractivity contribution in [1.82, 2.24) is 10.3 Å². The molecular formula is C25H29ClN2O5. The van der Waals surface area contributed by atoms with Crippen LogP contribution in [0, 0.1) is 0 Å². The average Bonchev–Trinajstić information content (AvgIpc) is 2.86. The van der Waals surface area contributed by atoms with Gasteiger partial charge in [0.05, 0.1) is 31.5 Å². The highest BCUT2D eigenvalue weighted by molar-refractivity contribution is 5.86. The van der Waals surface area contributed by atoms with E-state index in [4.69, 9.17) is 23.7 Å². The molecule has 33 heavy (non-hydrogen) atoms. The van der Waals surface area contributed by atoms with Gasteiger partial charge in [-0.05, 0) is 48.7 Å². The van der Waals surface area contributed by atoms with Crippen molar-refractivity contribution in [1.29, 1.82) is 0 Å². The first kappa shape index (κ1) is 23.4. The van der Waals surface area contributed by atoms with E-state index in [2.05, 4.69) is 22.4 Å². The van der Waals surface area contributed by atoms with Crippen molar-refractivity contribution < 1.29 is 23.7 Å². The van der Waals surface area contributed by atoms with Crippen LogP contribution in [0.1, 0.15) is 18.4 Å². The number of nitrogens with zero attached hydrogens (tertiary/aromatic N) is 1. The highest BCUT2D eigenvalue weighted by Crippen LogP contribution is 2.31. The molecule has 3 aromatic rings. The monoisotopic (exact) mass is 472 g/mol. The quantitative estimate of drug-likeness (QED) is 0.553. The lowest BCUT2D eigenvalue weighted by Gasteiger charge is -2.30. The van der Waals surface area contributed by atoms with Gasteiger partial charge in [-0.2, -0.15) is 0 Å². The number of hydrogen-bond acceptors (Lipinski definition) is 7. The van der Waals surface area contributed by atoms with Crippen LogP contribution in [0.4, 0.5) is 0 Å². The van der Waals surface area contributed by atoms with E-state index in [0.717, 1.165) is 53.3 Å². The van der Waals surface area contributed by atoms with Gasteiger partial charge in [-0.25, -0.2) is 0 Å². The number of pyridine rings is 1. The molecule has 1 saturated heterocycles. The third kappa shape index (κ3) is 5.61. The summed E-state index contributed by atoms with van der Waals surface area (Å²) in [6.45, 7) is 3.18.